The molecular formula is C14H20O4. The average molecular weight is 252 g/mol. The van der Waals surface area contributed by atoms with Crippen LogP contribution in [0.25, 0.3) is 0 Å². The lowest BCUT2D eigenvalue weighted by molar-refractivity contribution is -0.151. The first-order valence-electron chi connectivity index (χ1n) is 6.18. The lowest BCUT2D eigenvalue weighted by Gasteiger charge is -2.27. The summed E-state index contributed by atoms with van der Waals surface area (Å²) in [6.07, 6.45) is 4.25. The van der Waals surface area contributed by atoms with Gasteiger partial charge in [-0.15, -0.1) is 0 Å². The molecular weight excluding hydrogens is 232 g/mol. The maximum atomic E-state index is 11.6. The number of ether oxygens (including phenoxy) is 2. The number of carbonyl (C=O) groups excluding carboxylic acids is 2. The first-order valence-corrected chi connectivity index (χ1v) is 6.18. The maximum Gasteiger partial charge on any atom is 0.333 e. The van der Waals surface area contributed by atoms with E-state index in [2.05, 4.69) is 13.2 Å². The highest BCUT2D eigenvalue weighted by atomic mass is 16.5. The molecule has 0 atom stereocenters. The summed E-state index contributed by atoms with van der Waals surface area (Å²) < 4.78 is 10.3. The summed E-state index contributed by atoms with van der Waals surface area (Å²) in [6, 6.07) is 0. The smallest absolute Gasteiger partial charge is 0.333 e. The van der Waals surface area contributed by atoms with Crippen molar-refractivity contribution < 1.29 is 19.1 Å². The van der Waals surface area contributed by atoms with Crippen molar-refractivity contribution in [1.82, 2.24) is 0 Å². The van der Waals surface area contributed by atoms with E-state index in [9.17, 15) is 9.59 Å². The van der Waals surface area contributed by atoms with Crippen molar-refractivity contribution in [3.8, 4) is 0 Å². The second-order valence-corrected chi connectivity index (χ2v) is 4.58. The third-order valence-electron chi connectivity index (χ3n) is 2.97. The monoisotopic (exact) mass is 252 g/mol. The summed E-state index contributed by atoms with van der Waals surface area (Å²) >= 11 is 0. The van der Waals surface area contributed by atoms with Gasteiger partial charge in [-0.1, -0.05) is 19.2 Å². The van der Waals surface area contributed by atoms with Crippen LogP contribution in [0.2, 0.25) is 0 Å². The number of rotatable bonds is 5. The molecule has 0 aliphatic heterocycles. The quantitative estimate of drug-likeness (QED) is 0.428. The molecule has 1 aliphatic rings. The number of hydrogen-bond donors (Lipinski definition) is 0. The highest BCUT2D eigenvalue weighted by molar-refractivity contribution is 5.87. The molecule has 1 aliphatic carbocycles. The van der Waals surface area contributed by atoms with Crippen molar-refractivity contribution in [3.05, 3.63) is 24.8 Å². The minimum absolute atomic E-state index is 0.0790. The zero-order chi connectivity index (χ0) is 13.5. The lowest BCUT2D eigenvalue weighted by atomic mass is 9.87. The zero-order valence-electron chi connectivity index (χ0n) is 10.8. The van der Waals surface area contributed by atoms with E-state index in [0.717, 1.165) is 0 Å². The van der Waals surface area contributed by atoms with Gasteiger partial charge in [-0.25, -0.2) is 4.79 Å². The van der Waals surface area contributed by atoms with Crippen LogP contribution in [0.1, 0.15) is 32.6 Å². The Morgan fingerprint density at radius 3 is 2.39 bits per heavy atom. The Labute approximate surface area is 108 Å². The maximum absolute atomic E-state index is 11.6. The molecule has 0 aromatic rings. The summed E-state index contributed by atoms with van der Waals surface area (Å²) in [4.78, 5) is 22.9. The molecule has 1 fully saturated rings. The van der Waals surface area contributed by atoms with E-state index >= 15 is 0 Å². The molecule has 0 unspecified atom stereocenters. The fourth-order valence-electron chi connectivity index (χ4n) is 1.93. The van der Waals surface area contributed by atoms with Gasteiger partial charge in [0.25, 0.3) is 0 Å². The Kier molecular flexibility index (Phi) is 5.62. The minimum Gasteiger partial charge on any atom is -0.461 e. The van der Waals surface area contributed by atoms with E-state index < -0.39 is 0 Å². The molecule has 0 amide bonds. The van der Waals surface area contributed by atoms with Gasteiger partial charge in [0.1, 0.15) is 12.7 Å². The Bertz CT molecular complexity index is 338. The Morgan fingerprint density at radius 1 is 1.28 bits per heavy atom. The van der Waals surface area contributed by atoms with Gasteiger partial charge in [0.2, 0.25) is 0 Å². The van der Waals surface area contributed by atoms with Crippen molar-refractivity contribution in [2.75, 3.05) is 6.61 Å². The highest BCUT2D eigenvalue weighted by Crippen LogP contribution is 2.27. The second-order valence-electron chi connectivity index (χ2n) is 4.58. The summed E-state index contributed by atoms with van der Waals surface area (Å²) in [5.41, 5.74) is 0.405. The Balaban J connectivity index is 2.32. The number of carbonyl (C=O) groups is 2. The van der Waals surface area contributed by atoms with Gasteiger partial charge >= 0.3 is 11.9 Å². The molecule has 0 bridgehead atoms. The molecule has 1 rings (SSSR count). The lowest BCUT2D eigenvalue weighted by Crippen LogP contribution is -2.29. The van der Waals surface area contributed by atoms with Crippen molar-refractivity contribution in [2.45, 2.75) is 38.7 Å². The van der Waals surface area contributed by atoms with E-state index in [0.29, 0.717) is 31.3 Å². The van der Waals surface area contributed by atoms with Crippen LogP contribution in [0.3, 0.4) is 0 Å². The largest absolute Gasteiger partial charge is 0.461 e. The molecule has 0 radical (unpaired) electrons. The van der Waals surface area contributed by atoms with Crippen LogP contribution in [0.15, 0.2) is 24.8 Å². The van der Waals surface area contributed by atoms with Crippen molar-refractivity contribution in [1.29, 1.82) is 0 Å². The molecule has 4 heteroatoms. The van der Waals surface area contributed by atoms with Gasteiger partial charge in [0.15, 0.2) is 0 Å². The third-order valence-corrected chi connectivity index (χ3v) is 2.97. The van der Waals surface area contributed by atoms with Crippen molar-refractivity contribution >= 4 is 11.9 Å². The van der Waals surface area contributed by atoms with Crippen LogP contribution in [-0.2, 0) is 19.1 Å². The second kappa shape index (κ2) is 6.99. The van der Waals surface area contributed by atoms with Gasteiger partial charge < -0.3 is 9.47 Å². The minimum atomic E-state index is -0.354. The van der Waals surface area contributed by atoms with Crippen LogP contribution in [0, 0.1) is 5.92 Å². The fraction of sp³-hybridized carbons (Fsp3) is 0.571. The number of hydrogen-bond acceptors (Lipinski definition) is 4. The summed E-state index contributed by atoms with van der Waals surface area (Å²) in [7, 11) is 0. The van der Waals surface area contributed by atoms with E-state index in [4.69, 9.17) is 9.47 Å². The molecule has 0 aromatic carbocycles. The molecule has 0 saturated heterocycles. The molecule has 0 spiro atoms. The first kappa shape index (κ1) is 14.5. The van der Waals surface area contributed by atoms with Gasteiger partial charge in [-0.2, -0.15) is 0 Å². The third kappa shape index (κ3) is 4.35. The predicted octanol–water partition coefficient (Wildman–Crippen LogP) is 2.39. The molecule has 100 valence electrons. The first-order chi connectivity index (χ1) is 8.54. The molecule has 0 aromatic heterocycles. The van der Waals surface area contributed by atoms with Gasteiger partial charge in [-0.3, -0.25) is 4.79 Å². The molecule has 18 heavy (non-hydrogen) atoms. The molecule has 0 heterocycles. The van der Waals surface area contributed by atoms with Crippen LogP contribution < -0.4 is 0 Å². The SMILES string of the molecule is C=CCOC(=O)C1CCC(OC(=O)C(=C)C)CC1. The summed E-state index contributed by atoms with van der Waals surface area (Å²) in [6.45, 7) is 8.91. The van der Waals surface area contributed by atoms with Crippen LogP contribution in [0.4, 0.5) is 0 Å². The molecule has 4 nitrogen and oxygen atoms in total. The topological polar surface area (TPSA) is 52.6 Å². The highest BCUT2D eigenvalue weighted by Gasteiger charge is 2.29. The average Bonchev–Trinajstić information content (AvgIpc) is 2.36. The van der Waals surface area contributed by atoms with E-state index in [-0.39, 0.29) is 30.6 Å². The zero-order valence-corrected chi connectivity index (χ0v) is 10.8. The fourth-order valence-corrected chi connectivity index (χ4v) is 1.93. The summed E-state index contributed by atoms with van der Waals surface area (Å²) in [5.74, 6) is -0.614. The van der Waals surface area contributed by atoms with E-state index in [1.807, 2.05) is 0 Å². The van der Waals surface area contributed by atoms with E-state index in [1.165, 1.54) is 0 Å². The van der Waals surface area contributed by atoms with Crippen LogP contribution >= 0.6 is 0 Å². The van der Waals surface area contributed by atoms with Crippen LogP contribution in [0.5, 0.6) is 0 Å². The van der Waals surface area contributed by atoms with Gasteiger partial charge in [-0.05, 0) is 32.6 Å². The standard InChI is InChI=1S/C14H20O4/c1-4-9-17-14(16)11-5-7-12(8-6-11)18-13(15)10(2)3/h4,11-12H,1-2,5-9H2,3H3. The molecule has 1 saturated carbocycles. The molecule has 0 N–H and O–H groups in total. The Hall–Kier alpha value is -1.58. The Morgan fingerprint density at radius 2 is 1.89 bits per heavy atom. The van der Waals surface area contributed by atoms with Gasteiger partial charge in [0.05, 0.1) is 5.92 Å². The van der Waals surface area contributed by atoms with Crippen molar-refractivity contribution in [2.24, 2.45) is 5.92 Å². The van der Waals surface area contributed by atoms with E-state index in [1.54, 1.807) is 13.0 Å². The predicted molar refractivity (Wildman–Crippen MR) is 67.8 cm³/mol. The summed E-state index contributed by atoms with van der Waals surface area (Å²) in [5, 5.41) is 0. The van der Waals surface area contributed by atoms with Crippen molar-refractivity contribution in [3.63, 3.8) is 0 Å². The normalized spacial score (nSPS) is 22.9. The number of esters is 2. The van der Waals surface area contributed by atoms with Crippen LogP contribution in [-0.4, -0.2) is 24.6 Å². The van der Waals surface area contributed by atoms with Gasteiger partial charge in [0, 0.05) is 5.57 Å².